The van der Waals surface area contributed by atoms with E-state index in [-0.39, 0.29) is 12.0 Å². The third kappa shape index (κ3) is 3.35. The third-order valence-electron chi connectivity index (χ3n) is 4.50. The van der Waals surface area contributed by atoms with Crippen molar-refractivity contribution in [2.75, 3.05) is 18.5 Å². The lowest BCUT2D eigenvalue weighted by atomic mass is 10.00. The van der Waals surface area contributed by atoms with Crippen LogP contribution in [0.4, 0.5) is 5.69 Å². The third-order valence-corrected chi connectivity index (χ3v) is 4.50. The fourth-order valence-electron chi connectivity index (χ4n) is 3.24. The van der Waals surface area contributed by atoms with Gasteiger partial charge in [-0.15, -0.1) is 0 Å². The van der Waals surface area contributed by atoms with E-state index in [0.717, 1.165) is 37.6 Å². The number of rotatable bonds is 4. The standard InChI is InChI=1S/C19H22N4O3/c1-11(2)26-16-4-3-15-17(23-16)14(19(24)22-15)9-13-10-20-18(21-13)12-5-7-25-8-6-12/h3-4,9-12H,5-8H2,1-2H3,(H,20,21)(H,22,24)/b14-9-. The van der Waals surface area contributed by atoms with Crippen LogP contribution in [-0.2, 0) is 9.53 Å². The van der Waals surface area contributed by atoms with Crippen LogP contribution in [0, 0.1) is 0 Å². The summed E-state index contributed by atoms with van der Waals surface area (Å²) in [6, 6.07) is 3.58. The van der Waals surface area contributed by atoms with Crippen LogP contribution in [0.3, 0.4) is 0 Å². The van der Waals surface area contributed by atoms with E-state index in [0.29, 0.717) is 28.8 Å². The molecule has 26 heavy (non-hydrogen) atoms. The van der Waals surface area contributed by atoms with Gasteiger partial charge in [0.05, 0.1) is 29.3 Å². The second-order valence-corrected chi connectivity index (χ2v) is 6.83. The van der Waals surface area contributed by atoms with E-state index >= 15 is 0 Å². The highest BCUT2D eigenvalue weighted by molar-refractivity contribution is 6.34. The average Bonchev–Trinajstić information content (AvgIpc) is 3.21. The van der Waals surface area contributed by atoms with Crippen LogP contribution < -0.4 is 10.1 Å². The zero-order valence-electron chi connectivity index (χ0n) is 14.9. The van der Waals surface area contributed by atoms with Gasteiger partial charge in [0.2, 0.25) is 5.88 Å². The monoisotopic (exact) mass is 354 g/mol. The topological polar surface area (TPSA) is 89.1 Å². The van der Waals surface area contributed by atoms with Gasteiger partial charge in [-0.1, -0.05) is 0 Å². The molecule has 4 rings (SSSR count). The molecule has 2 N–H and O–H groups in total. The number of ether oxygens (including phenoxy) is 2. The van der Waals surface area contributed by atoms with Crippen molar-refractivity contribution >= 4 is 23.2 Å². The van der Waals surface area contributed by atoms with Gasteiger partial charge >= 0.3 is 0 Å². The number of nitrogens with zero attached hydrogens (tertiary/aromatic N) is 2. The van der Waals surface area contributed by atoms with Crippen molar-refractivity contribution in [2.45, 2.75) is 38.7 Å². The maximum atomic E-state index is 12.4. The van der Waals surface area contributed by atoms with Crippen LogP contribution in [-0.4, -0.2) is 40.2 Å². The molecule has 0 aromatic carbocycles. The summed E-state index contributed by atoms with van der Waals surface area (Å²) in [6.45, 7) is 5.41. The lowest BCUT2D eigenvalue weighted by Crippen LogP contribution is -2.15. The summed E-state index contributed by atoms with van der Waals surface area (Å²) in [5.41, 5.74) is 2.61. The van der Waals surface area contributed by atoms with Crippen LogP contribution >= 0.6 is 0 Å². The molecule has 1 amide bonds. The van der Waals surface area contributed by atoms with E-state index in [4.69, 9.17) is 9.47 Å². The van der Waals surface area contributed by atoms with E-state index < -0.39 is 0 Å². The molecule has 7 heteroatoms. The number of nitrogens with one attached hydrogen (secondary N) is 2. The van der Waals surface area contributed by atoms with E-state index in [2.05, 4.69) is 20.3 Å². The molecule has 0 radical (unpaired) electrons. The Hall–Kier alpha value is -2.67. The number of aromatic nitrogens is 3. The molecule has 0 atom stereocenters. The number of imidazole rings is 1. The zero-order valence-corrected chi connectivity index (χ0v) is 14.9. The van der Waals surface area contributed by atoms with Crippen LogP contribution in [0.5, 0.6) is 5.88 Å². The summed E-state index contributed by atoms with van der Waals surface area (Å²) in [5.74, 6) is 1.67. The van der Waals surface area contributed by atoms with Gasteiger partial charge in [0.25, 0.3) is 5.91 Å². The highest BCUT2D eigenvalue weighted by atomic mass is 16.5. The van der Waals surface area contributed by atoms with Crippen molar-refractivity contribution in [3.63, 3.8) is 0 Å². The maximum Gasteiger partial charge on any atom is 0.258 e. The van der Waals surface area contributed by atoms with Gasteiger partial charge in [-0.25, -0.2) is 9.97 Å². The number of fused-ring (bicyclic) bond motifs is 1. The lowest BCUT2D eigenvalue weighted by molar-refractivity contribution is -0.110. The lowest BCUT2D eigenvalue weighted by Gasteiger charge is -2.19. The number of carbonyl (C=O) groups excluding carboxylic acids is 1. The molecule has 1 saturated heterocycles. The molecule has 136 valence electrons. The summed E-state index contributed by atoms with van der Waals surface area (Å²) < 4.78 is 11.0. The number of hydrogen-bond donors (Lipinski definition) is 2. The van der Waals surface area contributed by atoms with Crippen molar-refractivity contribution in [1.82, 2.24) is 15.0 Å². The van der Waals surface area contributed by atoms with Crippen molar-refractivity contribution in [3.8, 4) is 5.88 Å². The van der Waals surface area contributed by atoms with E-state index in [1.54, 1.807) is 18.3 Å². The molecule has 0 spiro atoms. The van der Waals surface area contributed by atoms with Crippen LogP contribution in [0.15, 0.2) is 18.3 Å². The minimum absolute atomic E-state index is 0.0210. The SMILES string of the molecule is CC(C)Oc1ccc2c(n1)/C(=C/c1cnc(C3CCOCC3)[nH]1)C(=O)N2. The molecule has 7 nitrogen and oxygen atoms in total. The number of carbonyl (C=O) groups is 1. The Morgan fingerprint density at radius 2 is 2.12 bits per heavy atom. The summed E-state index contributed by atoms with van der Waals surface area (Å²) in [4.78, 5) is 24.7. The average molecular weight is 354 g/mol. The van der Waals surface area contributed by atoms with Crippen LogP contribution in [0.25, 0.3) is 11.6 Å². The van der Waals surface area contributed by atoms with E-state index in [9.17, 15) is 4.79 Å². The first-order chi connectivity index (χ1) is 12.6. The second-order valence-electron chi connectivity index (χ2n) is 6.83. The molecule has 2 aliphatic rings. The molecule has 0 aliphatic carbocycles. The van der Waals surface area contributed by atoms with Gasteiger partial charge in [-0.3, -0.25) is 4.79 Å². The van der Waals surface area contributed by atoms with Crippen molar-refractivity contribution < 1.29 is 14.3 Å². The van der Waals surface area contributed by atoms with Gasteiger partial charge in [-0.2, -0.15) is 0 Å². The minimum atomic E-state index is -0.170. The van der Waals surface area contributed by atoms with Gasteiger partial charge in [0, 0.05) is 25.2 Å². The van der Waals surface area contributed by atoms with E-state index in [1.807, 2.05) is 19.9 Å². The first-order valence-corrected chi connectivity index (χ1v) is 8.94. The summed E-state index contributed by atoms with van der Waals surface area (Å²) in [7, 11) is 0. The van der Waals surface area contributed by atoms with Crippen molar-refractivity contribution in [1.29, 1.82) is 0 Å². The number of aromatic amines is 1. The second kappa shape index (κ2) is 6.92. The number of amides is 1. The Bertz CT molecular complexity index is 850. The van der Waals surface area contributed by atoms with Crippen LogP contribution in [0.1, 0.15) is 49.8 Å². The molecule has 0 unspecified atom stereocenters. The fraction of sp³-hybridized carbons (Fsp3) is 0.421. The smallest absolute Gasteiger partial charge is 0.258 e. The van der Waals surface area contributed by atoms with E-state index in [1.165, 1.54) is 0 Å². The first-order valence-electron chi connectivity index (χ1n) is 8.94. The molecule has 2 aliphatic heterocycles. The van der Waals surface area contributed by atoms with Gasteiger partial charge in [-0.05, 0) is 38.8 Å². The Balaban J connectivity index is 1.62. The highest BCUT2D eigenvalue weighted by Crippen LogP contribution is 2.33. The predicted molar refractivity (Wildman–Crippen MR) is 97.9 cm³/mol. The largest absolute Gasteiger partial charge is 0.475 e. The molecule has 2 aromatic rings. The normalized spacial score (nSPS) is 19.0. The number of H-pyrrole nitrogens is 1. The summed E-state index contributed by atoms with van der Waals surface area (Å²) in [6.07, 6.45) is 5.50. The molecule has 2 aromatic heterocycles. The number of hydrogen-bond acceptors (Lipinski definition) is 5. The predicted octanol–water partition coefficient (Wildman–Crippen LogP) is 2.98. The molecule has 1 fully saturated rings. The van der Waals surface area contributed by atoms with Gasteiger partial charge in [0.15, 0.2) is 0 Å². The Kier molecular flexibility index (Phi) is 4.46. The van der Waals surface area contributed by atoms with Crippen molar-refractivity contribution in [3.05, 3.63) is 35.5 Å². The fourth-order valence-corrected chi connectivity index (χ4v) is 3.24. The Morgan fingerprint density at radius 3 is 2.88 bits per heavy atom. The Labute approximate surface area is 151 Å². The number of anilines is 1. The molecular weight excluding hydrogens is 332 g/mol. The molecule has 0 bridgehead atoms. The van der Waals surface area contributed by atoms with Crippen LogP contribution in [0.2, 0.25) is 0 Å². The highest BCUT2D eigenvalue weighted by Gasteiger charge is 2.27. The summed E-state index contributed by atoms with van der Waals surface area (Å²) in [5, 5.41) is 2.84. The summed E-state index contributed by atoms with van der Waals surface area (Å²) >= 11 is 0. The maximum absolute atomic E-state index is 12.4. The number of pyridine rings is 1. The Morgan fingerprint density at radius 1 is 1.31 bits per heavy atom. The molecular formula is C19H22N4O3. The molecule has 0 saturated carbocycles. The zero-order chi connectivity index (χ0) is 18.1. The minimum Gasteiger partial charge on any atom is -0.475 e. The van der Waals surface area contributed by atoms with Gasteiger partial charge < -0.3 is 19.8 Å². The van der Waals surface area contributed by atoms with Gasteiger partial charge in [0.1, 0.15) is 11.5 Å². The quantitative estimate of drug-likeness (QED) is 0.824. The van der Waals surface area contributed by atoms with Crippen molar-refractivity contribution in [2.24, 2.45) is 0 Å². The first kappa shape index (κ1) is 16.8. The molecule has 4 heterocycles.